The smallest absolute Gasteiger partial charge is 0.422 e. The van der Waals surface area contributed by atoms with E-state index in [-0.39, 0.29) is 29.5 Å². The molecule has 0 radical (unpaired) electrons. The molecular formula is C19H27ClFN3O4. The van der Waals surface area contributed by atoms with Gasteiger partial charge in [0.25, 0.3) is 0 Å². The van der Waals surface area contributed by atoms with E-state index < -0.39 is 29.4 Å². The number of amides is 2. The lowest BCUT2D eigenvalue weighted by Crippen LogP contribution is -2.54. The minimum atomic E-state index is -1.14. The summed E-state index contributed by atoms with van der Waals surface area (Å²) >= 11 is 6.15. The van der Waals surface area contributed by atoms with Crippen molar-refractivity contribution in [2.24, 2.45) is 0 Å². The van der Waals surface area contributed by atoms with Gasteiger partial charge >= 0.3 is 6.09 Å². The Kier molecular flexibility index (Phi) is 6.77. The van der Waals surface area contributed by atoms with Crippen LogP contribution in [-0.2, 0) is 4.79 Å². The Balaban J connectivity index is 2.52. The number of carbonyl (C=O) groups is 2. The number of carbonyl (C=O) groups excluding carboxylic acids is 1. The first-order chi connectivity index (χ1) is 13.0. The number of benzene rings is 1. The van der Waals surface area contributed by atoms with Crippen LogP contribution in [0.15, 0.2) is 6.07 Å². The largest absolute Gasteiger partial charge is 0.493 e. The van der Waals surface area contributed by atoms with Crippen molar-refractivity contribution in [3.05, 3.63) is 28.0 Å². The SMILES string of the molecule is CCOc1c([C@H](C)NN(C(=O)O)C(C)(C)C)cc(Cl)c(F)c1[C@@H]1CNC(=O)C1. The lowest BCUT2D eigenvalue weighted by atomic mass is 9.92. The normalized spacial score (nSPS) is 18.0. The van der Waals surface area contributed by atoms with Crippen LogP contribution in [0.2, 0.25) is 5.02 Å². The molecule has 1 aliphatic heterocycles. The lowest BCUT2D eigenvalue weighted by molar-refractivity contribution is -0.119. The lowest BCUT2D eigenvalue weighted by Gasteiger charge is -2.36. The van der Waals surface area contributed by atoms with Gasteiger partial charge in [-0.15, -0.1) is 0 Å². The van der Waals surface area contributed by atoms with E-state index in [1.807, 2.05) is 0 Å². The maximum Gasteiger partial charge on any atom is 0.422 e. The van der Waals surface area contributed by atoms with Gasteiger partial charge in [-0.3, -0.25) is 4.79 Å². The van der Waals surface area contributed by atoms with Gasteiger partial charge in [0, 0.05) is 30.0 Å². The zero-order valence-electron chi connectivity index (χ0n) is 16.7. The molecule has 7 nitrogen and oxygen atoms in total. The Hall–Kier alpha value is -2.06. The molecule has 0 saturated carbocycles. The van der Waals surface area contributed by atoms with Crippen LogP contribution in [0.5, 0.6) is 5.75 Å². The Morgan fingerprint density at radius 2 is 2.18 bits per heavy atom. The number of nitrogens with one attached hydrogen (secondary N) is 2. The highest BCUT2D eigenvalue weighted by Gasteiger charge is 2.34. The molecule has 0 bridgehead atoms. The van der Waals surface area contributed by atoms with Gasteiger partial charge in [-0.05, 0) is 40.7 Å². The standard InChI is InChI=1S/C19H27ClFN3O4/c1-6-28-17-12(10(2)23-24(18(26)27)19(3,4)5)8-13(20)16(21)15(17)11-7-14(25)22-9-11/h8,10-11,23H,6-7,9H2,1-5H3,(H,22,25)(H,26,27)/t10-,11-/m0/s1. The van der Waals surface area contributed by atoms with E-state index in [1.165, 1.54) is 6.07 Å². The monoisotopic (exact) mass is 415 g/mol. The topological polar surface area (TPSA) is 90.9 Å². The van der Waals surface area contributed by atoms with Crippen molar-refractivity contribution in [1.29, 1.82) is 0 Å². The van der Waals surface area contributed by atoms with Gasteiger partial charge in [0.15, 0.2) is 0 Å². The fraction of sp³-hybridized carbons (Fsp3) is 0.579. The van der Waals surface area contributed by atoms with Crippen molar-refractivity contribution >= 4 is 23.6 Å². The number of ether oxygens (including phenoxy) is 1. The minimum Gasteiger partial charge on any atom is -0.493 e. The summed E-state index contributed by atoms with van der Waals surface area (Å²) in [6.07, 6.45) is -1.00. The molecule has 2 atom stereocenters. The Morgan fingerprint density at radius 3 is 2.64 bits per heavy atom. The Morgan fingerprint density at radius 1 is 1.54 bits per heavy atom. The maximum absolute atomic E-state index is 14.9. The molecule has 3 N–H and O–H groups in total. The molecule has 28 heavy (non-hydrogen) atoms. The fourth-order valence-electron chi connectivity index (χ4n) is 3.25. The third-order valence-corrected chi connectivity index (χ3v) is 4.84. The van der Waals surface area contributed by atoms with Gasteiger partial charge in [-0.25, -0.2) is 19.6 Å². The van der Waals surface area contributed by atoms with Gasteiger partial charge in [0.1, 0.15) is 11.6 Å². The summed E-state index contributed by atoms with van der Waals surface area (Å²) < 4.78 is 20.7. The predicted octanol–water partition coefficient (Wildman–Crippen LogP) is 3.83. The van der Waals surface area contributed by atoms with E-state index in [4.69, 9.17) is 16.3 Å². The summed E-state index contributed by atoms with van der Waals surface area (Å²) in [6.45, 7) is 9.35. The number of carboxylic acid groups (broad SMARTS) is 1. The van der Waals surface area contributed by atoms with Crippen molar-refractivity contribution in [1.82, 2.24) is 15.8 Å². The quantitative estimate of drug-likeness (QED) is 0.614. The van der Waals surface area contributed by atoms with Crippen molar-refractivity contribution in [3.63, 3.8) is 0 Å². The second-order valence-corrected chi connectivity index (χ2v) is 8.19. The van der Waals surface area contributed by atoms with Crippen molar-refractivity contribution in [3.8, 4) is 5.75 Å². The second kappa shape index (κ2) is 8.53. The predicted molar refractivity (Wildman–Crippen MR) is 104 cm³/mol. The summed E-state index contributed by atoms with van der Waals surface area (Å²) in [5, 5.41) is 13.2. The molecular weight excluding hydrogens is 389 g/mol. The summed E-state index contributed by atoms with van der Waals surface area (Å²) in [4.78, 5) is 23.3. The second-order valence-electron chi connectivity index (χ2n) is 7.78. The third-order valence-electron chi connectivity index (χ3n) is 4.56. The van der Waals surface area contributed by atoms with E-state index in [0.717, 1.165) is 5.01 Å². The highest BCUT2D eigenvalue weighted by Crippen LogP contribution is 2.41. The zero-order chi connectivity index (χ0) is 21.2. The van der Waals surface area contributed by atoms with Gasteiger partial charge in [0.2, 0.25) is 5.91 Å². The van der Waals surface area contributed by atoms with E-state index >= 15 is 0 Å². The van der Waals surface area contributed by atoms with Gasteiger partial charge in [-0.2, -0.15) is 0 Å². The van der Waals surface area contributed by atoms with Crippen LogP contribution in [0, 0.1) is 5.82 Å². The fourth-order valence-corrected chi connectivity index (χ4v) is 3.47. The van der Waals surface area contributed by atoms with Gasteiger partial charge in [-0.1, -0.05) is 11.6 Å². The molecule has 156 valence electrons. The molecule has 0 aliphatic carbocycles. The summed E-state index contributed by atoms with van der Waals surface area (Å²) in [5.74, 6) is -0.889. The first kappa shape index (κ1) is 22.2. The molecule has 0 unspecified atom stereocenters. The van der Waals surface area contributed by atoms with Gasteiger partial charge < -0.3 is 15.2 Å². The Bertz CT molecular complexity index is 767. The number of hydrazine groups is 1. The Labute approximate surface area is 169 Å². The summed E-state index contributed by atoms with van der Waals surface area (Å²) in [5.41, 5.74) is 3.00. The molecule has 1 aliphatic rings. The highest BCUT2D eigenvalue weighted by molar-refractivity contribution is 6.31. The molecule has 1 fully saturated rings. The first-order valence-electron chi connectivity index (χ1n) is 9.17. The molecule has 0 spiro atoms. The minimum absolute atomic E-state index is 0.0981. The third kappa shape index (κ3) is 4.67. The van der Waals surface area contributed by atoms with Crippen molar-refractivity contribution < 1.29 is 23.8 Å². The van der Waals surface area contributed by atoms with Crippen LogP contribution in [0.3, 0.4) is 0 Å². The summed E-state index contributed by atoms with van der Waals surface area (Å²) in [6, 6.07) is 0.898. The molecule has 1 saturated heterocycles. The average Bonchev–Trinajstić information content (AvgIpc) is 3.00. The average molecular weight is 416 g/mol. The molecule has 1 aromatic carbocycles. The van der Waals surface area contributed by atoms with Crippen molar-refractivity contribution in [2.45, 2.75) is 58.5 Å². The molecule has 2 rings (SSSR count). The van der Waals surface area contributed by atoms with Gasteiger partial charge in [0.05, 0.1) is 23.2 Å². The van der Waals surface area contributed by atoms with Crippen LogP contribution in [-0.4, -0.2) is 40.8 Å². The van der Waals surface area contributed by atoms with E-state index in [0.29, 0.717) is 17.9 Å². The van der Waals surface area contributed by atoms with Crippen LogP contribution >= 0.6 is 11.6 Å². The number of hydrogen-bond acceptors (Lipinski definition) is 4. The summed E-state index contributed by atoms with van der Waals surface area (Å²) in [7, 11) is 0. The molecule has 2 amide bonds. The molecule has 1 heterocycles. The zero-order valence-corrected chi connectivity index (χ0v) is 17.5. The molecule has 9 heteroatoms. The number of nitrogens with zero attached hydrogens (tertiary/aromatic N) is 1. The van der Waals surface area contributed by atoms with E-state index in [1.54, 1.807) is 34.6 Å². The van der Waals surface area contributed by atoms with Crippen LogP contribution in [0.4, 0.5) is 9.18 Å². The highest BCUT2D eigenvalue weighted by atomic mass is 35.5. The number of halogens is 2. The first-order valence-corrected chi connectivity index (χ1v) is 9.55. The molecule has 1 aromatic rings. The van der Waals surface area contributed by atoms with Crippen LogP contribution in [0.25, 0.3) is 0 Å². The van der Waals surface area contributed by atoms with E-state index in [9.17, 15) is 19.1 Å². The maximum atomic E-state index is 14.9. The molecule has 0 aromatic heterocycles. The van der Waals surface area contributed by atoms with Crippen LogP contribution < -0.4 is 15.5 Å². The van der Waals surface area contributed by atoms with Crippen LogP contribution in [0.1, 0.15) is 64.1 Å². The van der Waals surface area contributed by atoms with E-state index in [2.05, 4.69) is 10.7 Å². The number of rotatable bonds is 6. The van der Waals surface area contributed by atoms with Crippen molar-refractivity contribution in [2.75, 3.05) is 13.2 Å². The number of hydrogen-bond donors (Lipinski definition) is 3.